The van der Waals surface area contributed by atoms with Crippen molar-refractivity contribution in [1.82, 2.24) is 5.32 Å². The van der Waals surface area contributed by atoms with Crippen LogP contribution in [-0.2, 0) is 4.74 Å². The molecule has 5 unspecified atom stereocenters. The Morgan fingerprint density at radius 2 is 2.00 bits per heavy atom. The largest absolute Gasteiger partial charge is 0.377 e. The van der Waals surface area contributed by atoms with E-state index in [4.69, 9.17) is 4.74 Å². The number of hydrogen-bond donors (Lipinski definition) is 1. The van der Waals surface area contributed by atoms with Gasteiger partial charge in [-0.3, -0.25) is 0 Å². The van der Waals surface area contributed by atoms with E-state index in [1.165, 1.54) is 19.3 Å². The molecule has 1 aliphatic carbocycles. The summed E-state index contributed by atoms with van der Waals surface area (Å²) in [7, 11) is 0. The molecule has 1 N–H and O–H groups in total. The highest BCUT2D eigenvalue weighted by Gasteiger charge is 2.36. The molecule has 2 nitrogen and oxygen atoms in total. The summed E-state index contributed by atoms with van der Waals surface area (Å²) >= 11 is 2.20. The molecule has 1 saturated carbocycles. The quantitative estimate of drug-likeness (QED) is 0.820. The van der Waals surface area contributed by atoms with Crippen LogP contribution >= 0.6 is 11.8 Å². The van der Waals surface area contributed by atoms with Crippen LogP contribution in [0.4, 0.5) is 0 Å². The second-order valence-corrected chi connectivity index (χ2v) is 6.66. The molecule has 3 heteroatoms. The number of hydrogen-bond acceptors (Lipinski definition) is 3. The third kappa shape index (κ3) is 2.74. The summed E-state index contributed by atoms with van der Waals surface area (Å²) in [6, 6.07) is 0.750. The molecule has 0 spiro atoms. The van der Waals surface area contributed by atoms with Crippen molar-refractivity contribution in [1.29, 1.82) is 0 Å². The van der Waals surface area contributed by atoms with Crippen molar-refractivity contribution < 1.29 is 4.74 Å². The molecule has 0 aromatic carbocycles. The molecule has 0 aromatic heterocycles. The Kier molecular flexibility index (Phi) is 4.57. The molecule has 0 amide bonds. The Hall–Kier alpha value is 0.270. The van der Waals surface area contributed by atoms with Crippen LogP contribution < -0.4 is 5.32 Å². The highest BCUT2D eigenvalue weighted by Crippen LogP contribution is 2.40. The predicted octanol–water partition coefficient (Wildman–Crippen LogP) is 2.67. The zero-order valence-corrected chi connectivity index (χ0v) is 11.6. The molecular weight excluding hydrogens is 218 g/mol. The van der Waals surface area contributed by atoms with E-state index in [1.807, 2.05) is 0 Å². The van der Waals surface area contributed by atoms with Crippen LogP contribution in [0.25, 0.3) is 0 Å². The predicted molar refractivity (Wildman–Crippen MR) is 71.1 cm³/mol. The van der Waals surface area contributed by atoms with E-state index in [-0.39, 0.29) is 0 Å². The maximum Gasteiger partial charge on any atom is 0.0666 e. The average Bonchev–Trinajstić information content (AvgIpc) is 2.80. The molecule has 0 aromatic rings. The fraction of sp³-hybridized carbons (Fsp3) is 1.00. The van der Waals surface area contributed by atoms with Crippen molar-refractivity contribution in [2.45, 2.75) is 62.7 Å². The summed E-state index contributed by atoms with van der Waals surface area (Å²) in [6.45, 7) is 8.93. The van der Waals surface area contributed by atoms with Gasteiger partial charge in [0, 0.05) is 23.1 Å². The number of rotatable bonds is 4. The molecule has 2 rings (SSSR count). The van der Waals surface area contributed by atoms with Crippen molar-refractivity contribution in [3.05, 3.63) is 0 Å². The topological polar surface area (TPSA) is 21.3 Å². The Labute approximate surface area is 104 Å². The SMILES string of the molecule is CCNC1CCC(SC2CCOC2C)C1C. The van der Waals surface area contributed by atoms with Crippen LogP contribution in [0.5, 0.6) is 0 Å². The molecule has 1 saturated heterocycles. The van der Waals surface area contributed by atoms with Crippen LogP contribution in [0, 0.1) is 5.92 Å². The lowest BCUT2D eigenvalue weighted by molar-refractivity contribution is 0.127. The van der Waals surface area contributed by atoms with Crippen molar-refractivity contribution in [3.63, 3.8) is 0 Å². The van der Waals surface area contributed by atoms with Gasteiger partial charge in [-0.1, -0.05) is 13.8 Å². The van der Waals surface area contributed by atoms with Gasteiger partial charge in [0.05, 0.1) is 6.10 Å². The lowest BCUT2D eigenvalue weighted by Gasteiger charge is -2.24. The van der Waals surface area contributed by atoms with Gasteiger partial charge in [0.25, 0.3) is 0 Å². The molecule has 1 aliphatic heterocycles. The second kappa shape index (κ2) is 5.74. The number of nitrogens with one attached hydrogen (secondary N) is 1. The summed E-state index contributed by atoms with van der Waals surface area (Å²) in [5, 5.41) is 5.20. The number of thioether (sulfide) groups is 1. The highest BCUT2D eigenvalue weighted by atomic mass is 32.2. The molecule has 0 bridgehead atoms. The van der Waals surface area contributed by atoms with Gasteiger partial charge >= 0.3 is 0 Å². The lowest BCUT2D eigenvalue weighted by Crippen LogP contribution is -2.33. The minimum absolute atomic E-state index is 0.468. The maximum atomic E-state index is 5.65. The first-order valence-corrected chi connectivity index (χ1v) is 7.67. The Morgan fingerprint density at radius 3 is 2.62 bits per heavy atom. The first-order valence-electron chi connectivity index (χ1n) is 6.72. The normalized spacial score (nSPS) is 44.1. The fourth-order valence-corrected chi connectivity index (χ4v) is 4.68. The fourth-order valence-electron chi connectivity index (χ4n) is 2.99. The van der Waals surface area contributed by atoms with Gasteiger partial charge < -0.3 is 10.1 Å². The first-order chi connectivity index (χ1) is 7.72. The van der Waals surface area contributed by atoms with Crippen LogP contribution in [0.2, 0.25) is 0 Å². The van der Waals surface area contributed by atoms with E-state index >= 15 is 0 Å². The molecule has 2 fully saturated rings. The minimum atomic E-state index is 0.468. The van der Waals surface area contributed by atoms with Crippen molar-refractivity contribution >= 4 is 11.8 Å². The molecule has 5 atom stereocenters. The van der Waals surface area contributed by atoms with Crippen LogP contribution in [0.1, 0.15) is 40.0 Å². The maximum absolute atomic E-state index is 5.65. The van der Waals surface area contributed by atoms with Gasteiger partial charge in [-0.25, -0.2) is 0 Å². The van der Waals surface area contributed by atoms with E-state index in [1.54, 1.807) is 0 Å². The highest BCUT2D eigenvalue weighted by molar-refractivity contribution is 8.00. The summed E-state index contributed by atoms with van der Waals surface area (Å²) in [4.78, 5) is 0. The molecule has 94 valence electrons. The van der Waals surface area contributed by atoms with Gasteiger partial charge in [0.15, 0.2) is 0 Å². The number of ether oxygens (including phenoxy) is 1. The van der Waals surface area contributed by atoms with E-state index < -0.39 is 0 Å². The Balaban J connectivity index is 1.82. The first kappa shape index (κ1) is 12.7. The second-order valence-electron chi connectivity index (χ2n) is 5.18. The third-order valence-electron chi connectivity index (χ3n) is 4.11. The van der Waals surface area contributed by atoms with Crippen molar-refractivity contribution in [2.75, 3.05) is 13.2 Å². The monoisotopic (exact) mass is 243 g/mol. The smallest absolute Gasteiger partial charge is 0.0666 e. The Bertz CT molecular complexity index is 224. The van der Waals surface area contributed by atoms with E-state index in [0.29, 0.717) is 6.10 Å². The van der Waals surface area contributed by atoms with Gasteiger partial charge in [-0.15, -0.1) is 0 Å². The molecule has 0 radical (unpaired) electrons. The van der Waals surface area contributed by atoms with E-state index in [9.17, 15) is 0 Å². The van der Waals surface area contributed by atoms with Crippen molar-refractivity contribution in [2.24, 2.45) is 5.92 Å². The van der Waals surface area contributed by atoms with Crippen LogP contribution in [0.15, 0.2) is 0 Å². The van der Waals surface area contributed by atoms with E-state index in [0.717, 1.165) is 35.6 Å². The van der Waals surface area contributed by atoms with Crippen molar-refractivity contribution in [3.8, 4) is 0 Å². The Morgan fingerprint density at radius 1 is 1.19 bits per heavy atom. The zero-order chi connectivity index (χ0) is 11.5. The molecule has 1 heterocycles. The molecular formula is C13H25NOS. The van der Waals surface area contributed by atoms with Gasteiger partial charge in [-0.2, -0.15) is 11.8 Å². The standard InChI is InChI=1S/C13H25NOS/c1-4-14-11-5-6-12(9(11)2)16-13-7-8-15-10(13)3/h9-14H,4-8H2,1-3H3. The summed E-state index contributed by atoms with van der Waals surface area (Å²) in [5.41, 5.74) is 0. The average molecular weight is 243 g/mol. The van der Waals surface area contributed by atoms with Gasteiger partial charge in [-0.05, 0) is 38.6 Å². The lowest BCUT2D eigenvalue weighted by atomic mass is 10.1. The minimum Gasteiger partial charge on any atom is -0.377 e. The van der Waals surface area contributed by atoms with Gasteiger partial charge in [0.1, 0.15) is 0 Å². The van der Waals surface area contributed by atoms with Crippen LogP contribution in [-0.4, -0.2) is 35.8 Å². The van der Waals surface area contributed by atoms with Gasteiger partial charge in [0.2, 0.25) is 0 Å². The van der Waals surface area contributed by atoms with Crippen LogP contribution in [0.3, 0.4) is 0 Å². The summed E-state index contributed by atoms with van der Waals surface area (Å²) < 4.78 is 5.65. The van der Waals surface area contributed by atoms with E-state index in [2.05, 4.69) is 37.8 Å². The third-order valence-corrected chi connectivity index (χ3v) is 6.09. The summed E-state index contributed by atoms with van der Waals surface area (Å²) in [5.74, 6) is 0.817. The summed E-state index contributed by atoms with van der Waals surface area (Å²) in [6.07, 6.45) is 4.46. The molecule has 16 heavy (non-hydrogen) atoms. The zero-order valence-electron chi connectivity index (χ0n) is 10.7. The molecule has 2 aliphatic rings.